The zero-order chi connectivity index (χ0) is 15.2. The molecule has 2 aromatic heterocycles. The average molecular weight is 311 g/mol. The first-order valence-corrected chi connectivity index (χ1v) is 8.08. The number of nitrogens with one attached hydrogen (secondary N) is 1. The maximum atomic E-state index is 5.39. The van der Waals surface area contributed by atoms with Gasteiger partial charge in [-0.25, -0.2) is 4.98 Å². The molecule has 0 saturated heterocycles. The van der Waals surface area contributed by atoms with Crippen LogP contribution in [-0.4, -0.2) is 9.97 Å². The molecule has 0 fully saturated rings. The third-order valence-electron chi connectivity index (χ3n) is 3.18. The second-order valence-corrected chi connectivity index (χ2v) is 5.89. The van der Waals surface area contributed by atoms with Crippen LogP contribution in [0.3, 0.4) is 0 Å². The van der Waals surface area contributed by atoms with Crippen LogP contribution in [0.4, 0.5) is 5.82 Å². The SMILES string of the molecule is CC(Nc1cncc(SCc2ccccc2)n1)c1ccco1. The van der Waals surface area contributed by atoms with Gasteiger partial charge >= 0.3 is 0 Å². The number of hydrogen-bond donors (Lipinski definition) is 1. The Morgan fingerprint density at radius 3 is 2.77 bits per heavy atom. The quantitative estimate of drug-likeness (QED) is 0.678. The molecule has 0 spiro atoms. The fraction of sp³-hybridized carbons (Fsp3) is 0.176. The number of nitrogens with zero attached hydrogens (tertiary/aromatic N) is 2. The first-order chi connectivity index (χ1) is 10.8. The lowest BCUT2D eigenvalue weighted by molar-refractivity contribution is 0.490. The Morgan fingerprint density at radius 2 is 2.00 bits per heavy atom. The van der Waals surface area contributed by atoms with Crippen molar-refractivity contribution in [1.82, 2.24) is 9.97 Å². The summed E-state index contributed by atoms with van der Waals surface area (Å²) in [6, 6.07) is 14.2. The molecule has 1 aromatic carbocycles. The van der Waals surface area contributed by atoms with E-state index in [1.165, 1.54) is 5.56 Å². The molecule has 0 bridgehead atoms. The fourth-order valence-corrected chi connectivity index (χ4v) is 2.85. The number of furan rings is 1. The topological polar surface area (TPSA) is 51.0 Å². The van der Waals surface area contributed by atoms with Crippen molar-refractivity contribution in [3.05, 3.63) is 72.4 Å². The summed E-state index contributed by atoms with van der Waals surface area (Å²) in [5.41, 5.74) is 1.27. The van der Waals surface area contributed by atoms with E-state index in [-0.39, 0.29) is 6.04 Å². The molecule has 112 valence electrons. The highest BCUT2D eigenvalue weighted by molar-refractivity contribution is 7.98. The number of rotatable bonds is 6. The summed E-state index contributed by atoms with van der Waals surface area (Å²) < 4.78 is 5.39. The van der Waals surface area contributed by atoms with Gasteiger partial charge < -0.3 is 9.73 Å². The normalized spacial score (nSPS) is 12.0. The van der Waals surface area contributed by atoms with E-state index in [4.69, 9.17) is 4.42 Å². The molecule has 0 aliphatic rings. The Hall–Kier alpha value is -2.27. The molecule has 0 radical (unpaired) electrons. The van der Waals surface area contributed by atoms with Crippen LogP contribution < -0.4 is 5.32 Å². The molecule has 0 aliphatic carbocycles. The van der Waals surface area contributed by atoms with Crippen LogP contribution in [0, 0.1) is 0 Å². The molecule has 1 N–H and O–H groups in total. The summed E-state index contributed by atoms with van der Waals surface area (Å²) in [4.78, 5) is 8.84. The van der Waals surface area contributed by atoms with E-state index in [1.807, 2.05) is 37.3 Å². The molecule has 1 atom stereocenters. The van der Waals surface area contributed by atoms with Crippen molar-refractivity contribution in [3.8, 4) is 0 Å². The van der Waals surface area contributed by atoms with Crippen LogP contribution in [0.2, 0.25) is 0 Å². The number of hydrogen-bond acceptors (Lipinski definition) is 5. The zero-order valence-corrected chi connectivity index (χ0v) is 13.1. The van der Waals surface area contributed by atoms with Gasteiger partial charge in [0.05, 0.1) is 24.7 Å². The van der Waals surface area contributed by atoms with E-state index in [0.717, 1.165) is 22.4 Å². The third-order valence-corrected chi connectivity index (χ3v) is 4.15. The molecule has 5 heteroatoms. The highest BCUT2D eigenvalue weighted by atomic mass is 32.2. The van der Waals surface area contributed by atoms with Crippen molar-refractivity contribution >= 4 is 17.6 Å². The van der Waals surface area contributed by atoms with Crippen molar-refractivity contribution in [1.29, 1.82) is 0 Å². The van der Waals surface area contributed by atoms with Crippen molar-refractivity contribution in [3.63, 3.8) is 0 Å². The number of anilines is 1. The lowest BCUT2D eigenvalue weighted by atomic mass is 10.2. The molecule has 4 nitrogen and oxygen atoms in total. The summed E-state index contributed by atoms with van der Waals surface area (Å²) >= 11 is 1.68. The fourth-order valence-electron chi connectivity index (χ4n) is 2.05. The van der Waals surface area contributed by atoms with Crippen molar-refractivity contribution < 1.29 is 4.42 Å². The van der Waals surface area contributed by atoms with E-state index >= 15 is 0 Å². The van der Waals surface area contributed by atoms with Crippen LogP contribution in [0.5, 0.6) is 0 Å². The monoisotopic (exact) mass is 311 g/mol. The van der Waals surface area contributed by atoms with Crippen molar-refractivity contribution in [2.75, 3.05) is 5.32 Å². The maximum absolute atomic E-state index is 5.39. The number of benzene rings is 1. The average Bonchev–Trinajstić information content (AvgIpc) is 3.09. The van der Waals surface area contributed by atoms with Gasteiger partial charge in [0, 0.05) is 5.75 Å². The van der Waals surface area contributed by atoms with Crippen LogP contribution in [0.1, 0.15) is 24.3 Å². The minimum atomic E-state index is 0.0543. The van der Waals surface area contributed by atoms with Crippen molar-refractivity contribution in [2.24, 2.45) is 0 Å². The summed E-state index contributed by atoms with van der Waals surface area (Å²) in [5, 5.41) is 4.21. The molecule has 0 amide bonds. The lowest BCUT2D eigenvalue weighted by Gasteiger charge is -2.12. The van der Waals surface area contributed by atoms with E-state index in [9.17, 15) is 0 Å². The highest BCUT2D eigenvalue weighted by Gasteiger charge is 2.09. The standard InChI is InChI=1S/C17H17N3OS/c1-13(15-8-5-9-21-15)19-16-10-18-11-17(20-16)22-12-14-6-3-2-4-7-14/h2-11,13H,12H2,1H3,(H,19,20). The van der Waals surface area contributed by atoms with Crippen LogP contribution >= 0.6 is 11.8 Å². The van der Waals surface area contributed by atoms with Gasteiger partial charge in [-0.2, -0.15) is 0 Å². The molecule has 0 saturated carbocycles. The van der Waals surface area contributed by atoms with Crippen LogP contribution in [-0.2, 0) is 5.75 Å². The number of aromatic nitrogens is 2. The van der Waals surface area contributed by atoms with Crippen molar-refractivity contribution in [2.45, 2.75) is 23.7 Å². The third kappa shape index (κ3) is 3.89. The first-order valence-electron chi connectivity index (χ1n) is 7.10. The van der Waals surface area contributed by atoms with Gasteiger partial charge in [0.1, 0.15) is 16.6 Å². The predicted octanol–water partition coefficient (Wildman–Crippen LogP) is 4.54. The van der Waals surface area contributed by atoms with Gasteiger partial charge in [0.2, 0.25) is 0 Å². The molecule has 3 rings (SSSR count). The Balaban J connectivity index is 1.62. The van der Waals surface area contributed by atoms with Gasteiger partial charge in [-0.3, -0.25) is 4.98 Å². The molecule has 2 heterocycles. The summed E-state index contributed by atoms with van der Waals surface area (Å²) in [5.74, 6) is 2.51. The summed E-state index contributed by atoms with van der Waals surface area (Å²) in [6.45, 7) is 2.03. The highest BCUT2D eigenvalue weighted by Crippen LogP contribution is 2.23. The Bertz CT molecular complexity index is 701. The molecule has 3 aromatic rings. The Labute approximate surface area is 134 Å². The maximum Gasteiger partial charge on any atom is 0.146 e. The number of thioether (sulfide) groups is 1. The first kappa shape index (κ1) is 14.7. The largest absolute Gasteiger partial charge is 0.467 e. The lowest BCUT2D eigenvalue weighted by Crippen LogP contribution is -2.07. The predicted molar refractivity (Wildman–Crippen MR) is 88.8 cm³/mol. The summed E-state index contributed by atoms with van der Waals surface area (Å²) in [7, 11) is 0. The smallest absolute Gasteiger partial charge is 0.146 e. The van der Waals surface area contributed by atoms with Gasteiger partial charge in [-0.1, -0.05) is 30.3 Å². The van der Waals surface area contributed by atoms with Gasteiger partial charge in [-0.15, -0.1) is 11.8 Å². The summed E-state index contributed by atoms with van der Waals surface area (Å²) in [6.07, 6.45) is 5.19. The zero-order valence-electron chi connectivity index (χ0n) is 12.3. The molecular formula is C17H17N3OS. The minimum Gasteiger partial charge on any atom is -0.467 e. The van der Waals surface area contributed by atoms with E-state index < -0.39 is 0 Å². The molecule has 1 unspecified atom stereocenters. The molecular weight excluding hydrogens is 294 g/mol. The second kappa shape index (κ2) is 7.13. The van der Waals surface area contributed by atoms with Crippen LogP contribution in [0.25, 0.3) is 0 Å². The van der Waals surface area contributed by atoms with E-state index in [2.05, 4.69) is 27.4 Å². The van der Waals surface area contributed by atoms with Gasteiger partial charge in [-0.05, 0) is 24.6 Å². The Kier molecular flexibility index (Phi) is 4.75. The van der Waals surface area contributed by atoms with E-state index in [0.29, 0.717) is 0 Å². The minimum absolute atomic E-state index is 0.0543. The Morgan fingerprint density at radius 1 is 1.14 bits per heavy atom. The van der Waals surface area contributed by atoms with Crippen LogP contribution in [0.15, 0.2) is 70.6 Å². The van der Waals surface area contributed by atoms with Gasteiger partial charge in [0.15, 0.2) is 0 Å². The van der Waals surface area contributed by atoms with Gasteiger partial charge in [0.25, 0.3) is 0 Å². The molecule has 0 aliphatic heterocycles. The molecule has 22 heavy (non-hydrogen) atoms. The van der Waals surface area contributed by atoms with E-state index in [1.54, 1.807) is 30.4 Å². The second-order valence-electron chi connectivity index (χ2n) is 4.90.